The molecule has 0 unspecified atom stereocenters. The van der Waals surface area contributed by atoms with Gasteiger partial charge in [0.15, 0.2) is 5.72 Å². The second-order valence-corrected chi connectivity index (χ2v) is 4.96. The van der Waals surface area contributed by atoms with Crippen LogP contribution in [0.3, 0.4) is 0 Å². The van der Waals surface area contributed by atoms with Gasteiger partial charge in [0.05, 0.1) is 29.3 Å². The van der Waals surface area contributed by atoms with E-state index in [1.54, 1.807) is 12.4 Å². The van der Waals surface area contributed by atoms with Crippen LogP contribution in [0.2, 0.25) is 0 Å². The van der Waals surface area contributed by atoms with Gasteiger partial charge in [0.1, 0.15) is 0 Å². The second-order valence-electron chi connectivity index (χ2n) is 4.96. The number of nitrogen functional groups attached to an aromatic ring is 1. The van der Waals surface area contributed by atoms with Crippen LogP contribution in [-0.2, 0) is 9.31 Å². The highest BCUT2D eigenvalue weighted by Gasteiger charge is 2.53. The molecule has 0 atom stereocenters. The predicted octanol–water partition coefficient (Wildman–Crippen LogP) is 0.358. The van der Waals surface area contributed by atoms with Crippen LogP contribution in [0, 0.1) is 0 Å². The smallest absolute Gasteiger partial charge is 0.397 e. The number of rotatable bonds is 1. The first-order valence-electron chi connectivity index (χ1n) is 5.25. The van der Waals surface area contributed by atoms with Crippen molar-refractivity contribution in [2.24, 2.45) is 0 Å². The molecule has 0 saturated carbocycles. The lowest BCUT2D eigenvalue weighted by molar-refractivity contribution is 0.00578. The highest BCUT2D eigenvalue weighted by atomic mass is 16.7. The van der Waals surface area contributed by atoms with Gasteiger partial charge < -0.3 is 15.0 Å². The lowest BCUT2D eigenvalue weighted by Gasteiger charge is -2.32. The Labute approximate surface area is 95.5 Å². The Morgan fingerprint density at radius 1 is 1.06 bits per heavy atom. The zero-order valence-corrected chi connectivity index (χ0v) is 10.0. The molecule has 86 valence electrons. The number of anilines is 1. The average Bonchev–Trinajstić information content (AvgIpc) is 2.37. The van der Waals surface area contributed by atoms with Crippen molar-refractivity contribution in [3.05, 3.63) is 12.4 Å². The average molecular weight is 221 g/mol. The fourth-order valence-corrected chi connectivity index (χ4v) is 1.42. The minimum absolute atomic E-state index is 0.373. The molecule has 0 aliphatic carbocycles. The fraction of sp³-hybridized carbons (Fsp3) is 0.600. The lowest BCUT2D eigenvalue weighted by Crippen LogP contribution is -2.41. The van der Waals surface area contributed by atoms with E-state index >= 15 is 0 Å². The van der Waals surface area contributed by atoms with E-state index in [1.165, 1.54) is 0 Å². The third kappa shape index (κ3) is 1.78. The summed E-state index contributed by atoms with van der Waals surface area (Å²) in [5.74, 6) is 0. The van der Waals surface area contributed by atoms with Gasteiger partial charge in [-0.2, -0.15) is 0 Å². The molecule has 2 rings (SSSR count). The number of aromatic nitrogens is 2. The summed E-state index contributed by atoms with van der Waals surface area (Å²) in [6.07, 6.45) is 3.10. The van der Waals surface area contributed by atoms with Gasteiger partial charge in [-0.1, -0.05) is 0 Å². The van der Waals surface area contributed by atoms with E-state index in [4.69, 9.17) is 15.0 Å². The highest BCUT2D eigenvalue weighted by Crippen LogP contribution is 2.36. The van der Waals surface area contributed by atoms with Crippen molar-refractivity contribution in [1.29, 1.82) is 0 Å². The Balaban J connectivity index is 2.23. The summed E-state index contributed by atoms with van der Waals surface area (Å²) in [5, 5.41) is 0. The van der Waals surface area contributed by atoms with Gasteiger partial charge in [-0.05, 0) is 27.7 Å². The van der Waals surface area contributed by atoms with Crippen molar-refractivity contribution in [1.82, 2.24) is 9.97 Å². The first-order valence-corrected chi connectivity index (χ1v) is 5.25. The number of nitrogens with two attached hydrogens (primary N) is 1. The molecule has 0 radical (unpaired) electrons. The number of nitrogens with zero attached hydrogens (tertiary/aromatic N) is 2. The maximum Gasteiger partial charge on any atom is 0.534 e. The molecule has 1 aliphatic rings. The Morgan fingerprint density at radius 3 is 1.94 bits per heavy atom. The summed E-state index contributed by atoms with van der Waals surface area (Å²) >= 11 is 0. The molecule has 0 amide bonds. The molecule has 1 aromatic rings. The van der Waals surface area contributed by atoms with Gasteiger partial charge in [-0.15, -0.1) is 0 Å². The molecule has 0 aromatic carbocycles. The zero-order chi connectivity index (χ0) is 12.0. The summed E-state index contributed by atoms with van der Waals surface area (Å²) in [5.41, 5.74) is 5.82. The summed E-state index contributed by atoms with van der Waals surface area (Å²) in [6, 6.07) is 0. The molecule has 2 heterocycles. The molecule has 1 aliphatic heterocycles. The Morgan fingerprint density at radius 2 is 1.50 bits per heavy atom. The molecule has 16 heavy (non-hydrogen) atoms. The van der Waals surface area contributed by atoms with Crippen LogP contribution in [0.15, 0.2) is 12.4 Å². The molecule has 0 bridgehead atoms. The second kappa shape index (κ2) is 3.43. The monoisotopic (exact) mass is 221 g/mol. The van der Waals surface area contributed by atoms with E-state index < -0.39 is 7.12 Å². The van der Waals surface area contributed by atoms with Gasteiger partial charge in [0.2, 0.25) is 0 Å². The normalized spacial score (nSPS) is 22.4. The molecular formula is C10H16BN3O2. The van der Waals surface area contributed by atoms with Crippen molar-refractivity contribution in [2.75, 3.05) is 5.73 Å². The topological polar surface area (TPSA) is 70.3 Å². The molecular weight excluding hydrogens is 205 g/mol. The SMILES string of the molecule is CC1(C)OB(c2ncc(N)cn2)OC1(C)C. The van der Waals surface area contributed by atoms with Crippen LogP contribution < -0.4 is 11.5 Å². The van der Waals surface area contributed by atoms with Crippen LogP contribution in [0.5, 0.6) is 0 Å². The van der Waals surface area contributed by atoms with E-state index in [1.807, 2.05) is 27.7 Å². The summed E-state index contributed by atoms with van der Waals surface area (Å²) in [6.45, 7) is 7.96. The first-order chi connectivity index (χ1) is 7.32. The standard InChI is InChI=1S/C10H16BN3O2/c1-9(2)10(3,4)16-11(15-9)8-13-5-7(12)6-14-8/h5-6H,12H2,1-4H3. The van der Waals surface area contributed by atoms with Crippen LogP contribution in [0.4, 0.5) is 5.69 Å². The molecule has 5 nitrogen and oxygen atoms in total. The van der Waals surface area contributed by atoms with Gasteiger partial charge in [-0.25, -0.2) is 9.97 Å². The molecule has 1 aromatic heterocycles. The summed E-state index contributed by atoms with van der Waals surface area (Å²) in [4.78, 5) is 8.21. The summed E-state index contributed by atoms with van der Waals surface area (Å²) < 4.78 is 11.6. The van der Waals surface area contributed by atoms with Crippen molar-refractivity contribution < 1.29 is 9.31 Å². The maximum atomic E-state index is 5.80. The van der Waals surface area contributed by atoms with Crippen LogP contribution in [0.25, 0.3) is 0 Å². The Bertz CT molecular complexity index is 376. The number of hydrogen-bond acceptors (Lipinski definition) is 5. The zero-order valence-electron chi connectivity index (χ0n) is 10.0. The lowest BCUT2D eigenvalue weighted by atomic mass is 9.89. The predicted molar refractivity (Wildman–Crippen MR) is 62.2 cm³/mol. The van der Waals surface area contributed by atoms with Gasteiger partial charge >= 0.3 is 7.12 Å². The number of hydrogen-bond donors (Lipinski definition) is 1. The minimum Gasteiger partial charge on any atom is -0.397 e. The van der Waals surface area contributed by atoms with E-state index in [2.05, 4.69) is 9.97 Å². The van der Waals surface area contributed by atoms with Crippen molar-refractivity contribution in [2.45, 2.75) is 38.9 Å². The van der Waals surface area contributed by atoms with Crippen molar-refractivity contribution in [3.63, 3.8) is 0 Å². The Hall–Kier alpha value is -1.14. The van der Waals surface area contributed by atoms with Crippen LogP contribution in [0.1, 0.15) is 27.7 Å². The van der Waals surface area contributed by atoms with E-state index in [0.29, 0.717) is 11.4 Å². The van der Waals surface area contributed by atoms with E-state index in [-0.39, 0.29) is 11.2 Å². The molecule has 1 saturated heterocycles. The van der Waals surface area contributed by atoms with Crippen molar-refractivity contribution in [3.8, 4) is 0 Å². The highest BCUT2D eigenvalue weighted by molar-refractivity contribution is 6.60. The molecule has 2 N–H and O–H groups in total. The van der Waals surface area contributed by atoms with Gasteiger partial charge in [0.25, 0.3) is 0 Å². The maximum absolute atomic E-state index is 5.80. The fourth-order valence-electron chi connectivity index (χ4n) is 1.42. The van der Waals surface area contributed by atoms with Gasteiger partial charge in [0, 0.05) is 0 Å². The van der Waals surface area contributed by atoms with Crippen LogP contribution >= 0.6 is 0 Å². The first kappa shape index (κ1) is 11.4. The quantitative estimate of drug-likeness (QED) is 0.693. The minimum atomic E-state index is -0.523. The Kier molecular flexibility index (Phi) is 2.43. The van der Waals surface area contributed by atoms with Crippen molar-refractivity contribution >= 4 is 18.5 Å². The largest absolute Gasteiger partial charge is 0.534 e. The van der Waals surface area contributed by atoms with Crippen LogP contribution in [-0.4, -0.2) is 28.3 Å². The van der Waals surface area contributed by atoms with E-state index in [9.17, 15) is 0 Å². The van der Waals surface area contributed by atoms with E-state index in [0.717, 1.165) is 0 Å². The molecule has 0 spiro atoms. The molecule has 6 heteroatoms. The third-order valence-electron chi connectivity index (χ3n) is 3.16. The third-order valence-corrected chi connectivity index (χ3v) is 3.16. The summed E-state index contributed by atoms with van der Waals surface area (Å²) in [7, 11) is -0.523. The molecule has 1 fully saturated rings. The van der Waals surface area contributed by atoms with Gasteiger partial charge in [-0.3, -0.25) is 0 Å².